The molecule has 106 valence electrons. The molecule has 1 rings (SSSR count). The van der Waals surface area contributed by atoms with Gasteiger partial charge in [-0.1, -0.05) is 24.3 Å². The number of hydrogen-bond acceptors (Lipinski definition) is 5. The molecule has 0 spiro atoms. The molecule has 0 bridgehead atoms. The van der Waals surface area contributed by atoms with E-state index >= 15 is 0 Å². The van der Waals surface area contributed by atoms with Crippen LogP contribution in [0.1, 0.15) is 30.6 Å². The molecule has 0 radical (unpaired) electrons. The number of benzene rings is 1. The highest BCUT2D eigenvalue weighted by atomic mass is 16.5. The van der Waals surface area contributed by atoms with Crippen molar-refractivity contribution >= 4 is 5.97 Å². The molecule has 0 saturated heterocycles. The van der Waals surface area contributed by atoms with Gasteiger partial charge < -0.3 is 20.7 Å². The summed E-state index contributed by atoms with van der Waals surface area (Å²) in [6.07, 6.45) is -1.29. The molecule has 1 aromatic carbocycles. The molecule has 0 amide bonds. The summed E-state index contributed by atoms with van der Waals surface area (Å²) < 4.78 is 4.85. The highest BCUT2D eigenvalue weighted by molar-refractivity contribution is 5.72. The van der Waals surface area contributed by atoms with E-state index in [9.17, 15) is 15.0 Å². The number of nitrogens with two attached hydrogens (primary N) is 1. The fraction of sp³-hybridized carbons (Fsp3) is 0.500. The highest BCUT2D eigenvalue weighted by Gasteiger charge is 2.17. The minimum atomic E-state index is -0.958. The number of ether oxygens (including phenoxy) is 1. The lowest BCUT2D eigenvalue weighted by Gasteiger charge is -2.17. The van der Waals surface area contributed by atoms with Gasteiger partial charge in [0.25, 0.3) is 0 Å². The Hall–Kier alpha value is -1.43. The third-order valence-corrected chi connectivity index (χ3v) is 2.80. The maximum absolute atomic E-state index is 11.3. The lowest BCUT2D eigenvalue weighted by molar-refractivity contribution is -0.142. The number of carbonyl (C=O) groups excluding carboxylic acids is 1. The summed E-state index contributed by atoms with van der Waals surface area (Å²) in [5, 5.41) is 19.5. The zero-order valence-corrected chi connectivity index (χ0v) is 11.1. The maximum Gasteiger partial charge on any atom is 0.310 e. The first-order valence-corrected chi connectivity index (χ1v) is 6.39. The Bertz CT molecular complexity index is 391. The Morgan fingerprint density at radius 2 is 1.95 bits per heavy atom. The molecular formula is C14H21NO4. The summed E-state index contributed by atoms with van der Waals surface area (Å²) in [7, 11) is 0. The molecule has 0 fully saturated rings. The van der Waals surface area contributed by atoms with Gasteiger partial charge in [-0.15, -0.1) is 0 Å². The minimum Gasteiger partial charge on any atom is -0.466 e. The summed E-state index contributed by atoms with van der Waals surface area (Å²) in [6, 6.07) is 6.87. The van der Waals surface area contributed by atoms with E-state index in [1.165, 1.54) is 0 Å². The second kappa shape index (κ2) is 7.89. The molecule has 0 aromatic heterocycles. The van der Waals surface area contributed by atoms with Gasteiger partial charge in [0.2, 0.25) is 0 Å². The first-order valence-electron chi connectivity index (χ1n) is 6.39. The van der Waals surface area contributed by atoms with Crippen molar-refractivity contribution in [3.8, 4) is 0 Å². The van der Waals surface area contributed by atoms with Crippen molar-refractivity contribution in [1.82, 2.24) is 0 Å². The molecule has 5 heteroatoms. The van der Waals surface area contributed by atoms with E-state index in [-0.39, 0.29) is 12.4 Å². The van der Waals surface area contributed by atoms with Gasteiger partial charge in [-0.05, 0) is 31.0 Å². The van der Waals surface area contributed by atoms with Crippen LogP contribution in [0.2, 0.25) is 0 Å². The normalized spacial score (nSPS) is 13.9. The third kappa shape index (κ3) is 4.98. The predicted octanol–water partition coefficient (Wildman–Crippen LogP) is 0.535. The van der Waals surface area contributed by atoms with E-state index in [2.05, 4.69) is 0 Å². The number of aliphatic hydroxyl groups excluding tert-OH is 2. The van der Waals surface area contributed by atoms with E-state index in [1.807, 2.05) is 0 Å². The second-order valence-electron chi connectivity index (χ2n) is 4.31. The Kier molecular flexibility index (Phi) is 6.49. The number of carbonyl (C=O) groups is 1. The van der Waals surface area contributed by atoms with Gasteiger partial charge in [-0.3, -0.25) is 4.79 Å². The lowest BCUT2D eigenvalue weighted by Crippen LogP contribution is -2.21. The molecule has 0 saturated carbocycles. The summed E-state index contributed by atoms with van der Waals surface area (Å²) in [4.78, 5) is 11.3. The van der Waals surface area contributed by atoms with Crippen LogP contribution in [0.5, 0.6) is 0 Å². The van der Waals surface area contributed by atoms with Gasteiger partial charge in [0.1, 0.15) is 6.10 Å². The molecular weight excluding hydrogens is 246 g/mol. The average molecular weight is 267 g/mol. The van der Waals surface area contributed by atoms with Crippen molar-refractivity contribution in [2.24, 2.45) is 5.73 Å². The smallest absolute Gasteiger partial charge is 0.310 e. The van der Waals surface area contributed by atoms with Gasteiger partial charge >= 0.3 is 5.97 Å². The van der Waals surface area contributed by atoms with Crippen molar-refractivity contribution in [3.63, 3.8) is 0 Å². The van der Waals surface area contributed by atoms with Crippen molar-refractivity contribution in [2.75, 3.05) is 13.2 Å². The number of aliphatic hydroxyl groups is 2. The van der Waals surface area contributed by atoms with E-state index in [0.29, 0.717) is 25.1 Å². The predicted molar refractivity (Wildman–Crippen MR) is 71.4 cm³/mol. The molecule has 4 N–H and O–H groups in total. The summed E-state index contributed by atoms with van der Waals surface area (Å²) in [6.45, 7) is 2.44. The molecule has 0 heterocycles. The molecule has 2 atom stereocenters. The van der Waals surface area contributed by atoms with E-state index in [1.54, 1.807) is 31.2 Å². The zero-order valence-electron chi connectivity index (χ0n) is 11.1. The van der Waals surface area contributed by atoms with Gasteiger partial charge in [0, 0.05) is 0 Å². The van der Waals surface area contributed by atoms with Gasteiger partial charge in [0.05, 0.1) is 19.1 Å². The van der Waals surface area contributed by atoms with Crippen molar-refractivity contribution < 1.29 is 19.7 Å². The van der Waals surface area contributed by atoms with Crippen LogP contribution >= 0.6 is 0 Å². The number of rotatable bonds is 7. The number of esters is 1. The van der Waals surface area contributed by atoms with Crippen molar-refractivity contribution in [3.05, 3.63) is 35.4 Å². The van der Waals surface area contributed by atoms with Crippen LogP contribution in [0, 0.1) is 0 Å². The third-order valence-electron chi connectivity index (χ3n) is 2.80. The van der Waals surface area contributed by atoms with Crippen molar-refractivity contribution in [2.45, 2.75) is 32.0 Å². The Morgan fingerprint density at radius 1 is 1.32 bits per heavy atom. The standard InChI is InChI=1S/C14H21NO4/c1-2-19-13(17)9-10-3-5-11(6-4-10)14(18)12(16)7-8-15/h3-6,12,14,16,18H,2,7-9,15H2,1H3. The quantitative estimate of drug-likeness (QED) is 0.627. The first-order chi connectivity index (χ1) is 9.08. The summed E-state index contributed by atoms with van der Waals surface area (Å²) >= 11 is 0. The van der Waals surface area contributed by atoms with Crippen LogP contribution in [0.15, 0.2) is 24.3 Å². The fourth-order valence-corrected chi connectivity index (χ4v) is 1.76. The van der Waals surface area contributed by atoms with Gasteiger partial charge in [0.15, 0.2) is 0 Å². The Balaban J connectivity index is 2.63. The SMILES string of the molecule is CCOC(=O)Cc1ccc(C(O)C(O)CCN)cc1. The maximum atomic E-state index is 11.3. The Labute approximate surface area is 113 Å². The minimum absolute atomic E-state index is 0.204. The monoisotopic (exact) mass is 267 g/mol. The average Bonchev–Trinajstić information content (AvgIpc) is 2.39. The summed E-state index contributed by atoms with van der Waals surface area (Å²) in [5.74, 6) is -0.279. The zero-order chi connectivity index (χ0) is 14.3. The molecule has 19 heavy (non-hydrogen) atoms. The molecule has 5 nitrogen and oxygen atoms in total. The van der Waals surface area contributed by atoms with Crippen LogP contribution in [-0.4, -0.2) is 35.4 Å². The highest BCUT2D eigenvalue weighted by Crippen LogP contribution is 2.19. The van der Waals surface area contributed by atoms with Gasteiger partial charge in [-0.25, -0.2) is 0 Å². The van der Waals surface area contributed by atoms with E-state index < -0.39 is 12.2 Å². The van der Waals surface area contributed by atoms with Gasteiger partial charge in [-0.2, -0.15) is 0 Å². The molecule has 1 aromatic rings. The van der Waals surface area contributed by atoms with Crippen LogP contribution in [0.3, 0.4) is 0 Å². The Morgan fingerprint density at radius 3 is 2.47 bits per heavy atom. The van der Waals surface area contributed by atoms with Crippen LogP contribution in [0.4, 0.5) is 0 Å². The summed E-state index contributed by atoms with van der Waals surface area (Å²) in [5.41, 5.74) is 6.74. The number of hydrogen-bond donors (Lipinski definition) is 3. The van der Waals surface area contributed by atoms with E-state index in [0.717, 1.165) is 5.56 Å². The van der Waals surface area contributed by atoms with Crippen LogP contribution in [-0.2, 0) is 16.0 Å². The van der Waals surface area contributed by atoms with Crippen LogP contribution < -0.4 is 5.73 Å². The van der Waals surface area contributed by atoms with Crippen LogP contribution in [0.25, 0.3) is 0 Å². The topological polar surface area (TPSA) is 92.8 Å². The largest absolute Gasteiger partial charge is 0.466 e. The second-order valence-corrected chi connectivity index (χ2v) is 4.31. The molecule has 0 aliphatic rings. The van der Waals surface area contributed by atoms with Crippen molar-refractivity contribution in [1.29, 1.82) is 0 Å². The lowest BCUT2D eigenvalue weighted by atomic mass is 10.00. The fourth-order valence-electron chi connectivity index (χ4n) is 1.76. The molecule has 2 unspecified atom stereocenters. The molecule has 0 aliphatic carbocycles. The van der Waals surface area contributed by atoms with E-state index in [4.69, 9.17) is 10.5 Å². The first kappa shape index (κ1) is 15.6. The molecule has 0 aliphatic heterocycles.